The van der Waals surface area contributed by atoms with E-state index in [1.807, 2.05) is 12.1 Å². The smallest absolute Gasteiger partial charge is 0.253 e. The fraction of sp³-hybridized carbons (Fsp3) is 0.417. The van der Waals surface area contributed by atoms with Gasteiger partial charge in [0.05, 0.1) is 23.2 Å². The number of para-hydroxylation sites is 1. The summed E-state index contributed by atoms with van der Waals surface area (Å²) in [5.74, 6) is -0.889. The molecule has 0 aliphatic carbocycles. The normalized spacial score (nSPS) is 11.7. The van der Waals surface area contributed by atoms with Gasteiger partial charge >= 0.3 is 0 Å². The average molecular weight is 476 g/mol. The van der Waals surface area contributed by atoms with Crippen molar-refractivity contribution in [2.75, 3.05) is 42.7 Å². The molecule has 0 radical (unpaired) electrons. The number of hydrogen-bond donors (Lipinski definition) is 2. The highest BCUT2D eigenvalue weighted by molar-refractivity contribution is 7.92. The van der Waals surface area contributed by atoms with E-state index in [1.165, 1.54) is 0 Å². The third-order valence-electron chi connectivity index (χ3n) is 4.97. The van der Waals surface area contributed by atoms with Gasteiger partial charge < -0.3 is 15.4 Å². The van der Waals surface area contributed by atoms with Gasteiger partial charge in [-0.15, -0.1) is 0 Å². The topological polar surface area (TPSA) is 105 Å². The minimum Gasteiger partial charge on any atom is -0.385 e. The fourth-order valence-electron chi connectivity index (χ4n) is 3.15. The molecular weight excluding hydrogens is 442 g/mol. The van der Waals surface area contributed by atoms with Crippen LogP contribution in [0.4, 0.5) is 11.4 Å². The van der Waals surface area contributed by atoms with Gasteiger partial charge in [-0.25, -0.2) is 8.42 Å². The molecule has 0 aromatic heterocycles. The van der Waals surface area contributed by atoms with Crippen LogP contribution in [-0.2, 0) is 25.0 Å². The highest BCUT2D eigenvalue weighted by Gasteiger charge is 2.23. The zero-order chi connectivity index (χ0) is 24.6. The number of nitrogens with zero attached hydrogens (tertiary/aromatic N) is 1. The second kappa shape index (κ2) is 11.3. The lowest BCUT2D eigenvalue weighted by molar-refractivity contribution is -0.114. The second-order valence-corrected chi connectivity index (χ2v) is 10.7. The first-order valence-electron chi connectivity index (χ1n) is 10.7. The number of carbonyl (C=O) groups is 2. The molecule has 0 unspecified atom stereocenters. The number of rotatable bonds is 10. The van der Waals surface area contributed by atoms with E-state index in [2.05, 4.69) is 31.4 Å². The van der Waals surface area contributed by atoms with Crippen molar-refractivity contribution in [3.63, 3.8) is 0 Å². The van der Waals surface area contributed by atoms with Crippen LogP contribution in [0.1, 0.15) is 43.1 Å². The minimum absolute atomic E-state index is 0.0837. The van der Waals surface area contributed by atoms with Gasteiger partial charge in [0.2, 0.25) is 15.9 Å². The number of amides is 2. The van der Waals surface area contributed by atoms with Crippen LogP contribution >= 0.6 is 0 Å². The van der Waals surface area contributed by atoms with Crippen LogP contribution in [0, 0.1) is 0 Å². The van der Waals surface area contributed by atoms with Crippen molar-refractivity contribution < 1.29 is 22.7 Å². The number of carbonyl (C=O) groups excluding carboxylic acids is 2. The minimum atomic E-state index is -3.72. The van der Waals surface area contributed by atoms with Gasteiger partial charge in [0.25, 0.3) is 5.91 Å². The van der Waals surface area contributed by atoms with Crippen LogP contribution in [0.3, 0.4) is 0 Å². The van der Waals surface area contributed by atoms with Gasteiger partial charge in [-0.1, -0.05) is 45.0 Å². The molecule has 0 heterocycles. The van der Waals surface area contributed by atoms with Crippen molar-refractivity contribution in [1.29, 1.82) is 0 Å². The maximum atomic E-state index is 12.8. The van der Waals surface area contributed by atoms with Crippen LogP contribution in [0.15, 0.2) is 48.5 Å². The molecule has 0 fully saturated rings. The summed E-state index contributed by atoms with van der Waals surface area (Å²) < 4.78 is 30.9. The van der Waals surface area contributed by atoms with Gasteiger partial charge in [0, 0.05) is 20.3 Å². The molecule has 2 N–H and O–H groups in total. The molecule has 2 aromatic rings. The molecule has 0 atom stereocenters. The molecule has 9 heteroatoms. The molecule has 2 aromatic carbocycles. The molecule has 8 nitrogen and oxygen atoms in total. The molecule has 0 spiro atoms. The first kappa shape index (κ1) is 26.3. The van der Waals surface area contributed by atoms with Crippen LogP contribution in [0.25, 0.3) is 0 Å². The summed E-state index contributed by atoms with van der Waals surface area (Å²) in [4.78, 5) is 25.3. The third-order valence-corrected chi connectivity index (χ3v) is 6.11. The molecule has 2 amide bonds. The van der Waals surface area contributed by atoms with E-state index in [0.29, 0.717) is 36.5 Å². The maximum absolute atomic E-state index is 12.8. The van der Waals surface area contributed by atoms with E-state index in [4.69, 9.17) is 4.74 Å². The standard InChI is InChI=1S/C24H33N3O5S/c1-24(2,3)18-11-13-19(14-12-18)27(33(5,30)31)17-22(28)26-21-10-7-6-9-20(21)23(29)25-15-8-16-32-4/h6-7,9-14H,8,15-17H2,1-5H3,(H,25,29)(H,26,28). The first-order chi connectivity index (χ1) is 15.4. The van der Waals surface area contributed by atoms with Crippen LogP contribution in [0.5, 0.6) is 0 Å². The molecule has 0 bridgehead atoms. The fourth-order valence-corrected chi connectivity index (χ4v) is 4.01. The van der Waals surface area contributed by atoms with Crippen LogP contribution < -0.4 is 14.9 Å². The Labute approximate surface area is 196 Å². The highest BCUT2D eigenvalue weighted by Crippen LogP contribution is 2.26. The molecule has 0 aliphatic rings. The van der Waals surface area contributed by atoms with Gasteiger partial charge in [-0.05, 0) is 41.7 Å². The van der Waals surface area contributed by atoms with Crippen LogP contribution in [-0.4, -0.2) is 53.3 Å². The number of methoxy groups -OCH3 is 1. The predicted molar refractivity (Wildman–Crippen MR) is 131 cm³/mol. The molecule has 180 valence electrons. The lowest BCUT2D eigenvalue weighted by Crippen LogP contribution is -2.37. The third kappa shape index (κ3) is 7.87. The molecule has 0 saturated carbocycles. The lowest BCUT2D eigenvalue weighted by Gasteiger charge is -2.24. The summed E-state index contributed by atoms with van der Waals surface area (Å²) in [7, 11) is -2.13. The summed E-state index contributed by atoms with van der Waals surface area (Å²) >= 11 is 0. The van der Waals surface area contributed by atoms with Crippen molar-refractivity contribution in [3.8, 4) is 0 Å². The summed E-state index contributed by atoms with van der Waals surface area (Å²) in [5.41, 5.74) is 1.96. The van der Waals surface area contributed by atoms with E-state index in [9.17, 15) is 18.0 Å². The number of ether oxygens (including phenoxy) is 1. The van der Waals surface area contributed by atoms with Gasteiger partial charge in [-0.2, -0.15) is 0 Å². The first-order valence-corrected chi connectivity index (χ1v) is 12.5. The molecular formula is C24H33N3O5S. The Hall–Kier alpha value is -2.91. The number of nitrogens with one attached hydrogen (secondary N) is 2. The summed E-state index contributed by atoms with van der Waals surface area (Å²) in [6.07, 6.45) is 1.72. The average Bonchev–Trinajstić information content (AvgIpc) is 2.74. The quantitative estimate of drug-likeness (QED) is 0.514. The van der Waals surface area contributed by atoms with Gasteiger partial charge in [0.1, 0.15) is 6.54 Å². The number of anilines is 2. The number of benzene rings is 2. The van der Waals surface area contributed by atoms with E-state index in [1.54, 1.807) is 43.5 Å². The Morgan fingerprint density at radius 3 is 2.24 bits per heavy atom. The maximum Gasteiger partial charge on any atom is 0.253 e. The zero-order valence-corrected chi connectivity index (χ0v) is 20.7. The van der Waals surface area contributed by atoms with Gasteiger partial charge in [-0.3, -0.25) is 13.9 Å². The Kier molecular flexibility index (Phi) is 9.01. The Balaban J connectivity index is 2.17. The van der Waals surface area contributed by atoms with Crippen molar-refractivity contribution in [1.82, 2.24) is 5.32 Å². The Morgan fingerprint density at radius 2 is 1.67 bits per heavy atom. The van der Waals surface area contributed by atoms with Crippen molar-refractivity contribution in [3.05, 3.63) is 59.7 Å². The van der Waals surface area contributed by atoms with Gasteiger partial charge in [0.15, 0.2) is 0 Å². The Morgan fingerprint density at radius 1 is 1.03 bits per heavy atom. The van der Waals surface area contributed by atoms with Crippen molar-refractivity contribution >= 4 is 33.2 Å². The van der Waals surface area contributed by atoms with E-state index in [-0.39, 0.29) is 11.3 Å². The molecule has 2 rings (SSSR count). The van der Waals surface area contributed by atoms with E-state index in [0.717, 1.165) is 16.1 Å². The highest BCUT2D eigenvalue weighted by atomic mass is 32.2. The summed E-state index contributed by atoms with van der Waals surface area (Å²) in [5, 5.41) is 5.45. The molecule has 33 heavy (non-hydrogen) atoms. The predicted octanol–water partition coefficient (Wildman–Crippen LogP) is 3.16. The molecule has 0 saturated heterocycles. The lowest BCUT2D eigenvalue weighted by atomic mass is 9.87. The van der Waals surface area contributed by atoms with Crippen molar-refractivity contribution in [2.24, 2.45) is 0 Å². The van der Waals surface area contributed by atoms with Crippen molar-refractivity contribution in [2.45, 2.75) is 32.6 Å². The SMILES string of the molecule is COCCCNC(=O)c1ccccc1NC(=O)CN(c1ccc(C(C)(C)C)cc1)S(C)(=O)=O. The summed E-state index contributed by atoms with van der Waals surface area (Å²) in [6, 6.07) is 13.7. The van der Waals surface area contributed by atoms with E-state index >= 15 is 0 Å². The second-order valence-electron chi connectivity index (χ2n) is 8.76. The largest absolute Gasteiger partial charge is 0.385 e. The van der Waals surface area contributed by atoms with Crippen LogP contribution in [0.2, 0.25) is 0 Å². The van der Waals surface area contributed by atoms with E-state index < -0.39 is 22.5 Å². The Bertz CT molecular complexity index is 1060. The number of sulfonamides is 1. The number of hydrogen-bond acceptors (Lipinski definition) is 5. The molecule has 0 aliphatic heterocycles. The summed E-state index contributed by atoms with van der Waals surface area (Å²) in [6.45, 7) is 6.73. The zero-order valence-electron chi connectivity index (χ0n) is 19.8. The monoisotopic (exact) mass is 475 g/mol.